The maximum atomic E-state index is 13.1. The van der Waals surface area contributed by atoms with Crippen molar-refractivity contribution in [3.63, 3.8) is 0 Å². The van der Waals surface area contributed by atoms with Gasteiger partial charge in [0.05, 0.1) is 22.1 Å². The molecule has 9 heteroatoms. The Labute approximate surface area is 185 Å². The van der Waals surface area contributed by atoms with Crippen LogP contribution in [-0.4, -0.2) is 24.5 Å². The summed E-state index contributed by atoms with van der Waals surface area (Å²) in [6, 6.07) is 7.62. The molecule has 0 saturated carbocycles. The van der Waals surface area contributed by atoms with E-state index in [1.807, 2.05) is 43.5 Å². The zero-order chi connectivity index (χ0) is 21.3. The Morgan fingerprint density at radius 2 is 2.03 bits per heavy atom. The molecule has 30 heavy (non-hydrogen) atoms. The van der Waals surface area contributed by atoms with Gasteiger partial charge in [-0.25, -0.2) is 15.0 Å². The zero-order valence-corrected chi connectivity index (χ0v) is 19.0. The predicted octanol–water partition coefficient (Wildman–Crippen LogP) is 4.41. The van der Waals surface area contributed by atoms with Crippen LogP contribution >= 0.6 is 27.3 Å². The summed E-state index contributed by atoms with van der Waals surface area (Å²) in [5.74, 6) is 0.770. The van der Waals surface area contributed by atoms with Crippen molar-refractivity contribution in [3.8, 4) is 22.8 Å². The van der Waals surface area contributed by atoms with E-state index in [0.717, 1.165) is 27.5 Å². The molecule has 0 unspecified atom stereocenters. The number of ether oxygens (including phenoxy) is 1. The number of halogens is 1. The Kier molecular flexibility index (Phi) is 5.74. The minimum absolute atomic E-state index is 0.247. The molecule has 0 bridgehead atoms. The Hall–Kier alpha value is -2.91. The first kappa shape index (κ1) is 20.4. The van der Waals surface area contributed by atoms with Crippen LogP contribution in [0.4, 0.5) is 0 Å². The summed E-state index contributed by atoms with van der Waals surface area (Å²) in [5, 5.41) is 2.89. The number of hydrogen-bond donors (Lipinski definition) is 0. The maximum absolute atomic E-state index is 13.1. The molecular formula is C21H18BrN5O2S. The summed E-state index contributed by atoms with van der Waals surface area (Å²) in [6.45, 7) is 5.91. The third kappa shape index (κ3) is 4.03. The first-order chi connectivity index (χ1) is 14.4. The standard InChI is InChI=1S/C21H18BrN5O2S/c1-12-8-23-11-24-19(12)15-5-4-6-17(7-15)27-13(2)25-20(18(22)21(27)28)29-9-16-10-30-14(3)26-16/h4-8,10-11H,9H2,1-3H3. The molecule has 3 heterocycles. The van der Waals surface area contributed by atoms with Gasteiger partial charge in [0.1, 0.15) is 23.2 Å². The first-order valence-electron chi connectivity index (χ1n) is 9.14. The highest BCUT2D eigenvalue weighted by molar-refractivity contribution is 9.10. The summed E-state index contributed by atoms with van der Waals surface area (Å²) in [6.07, 6.45) is 3.28. The molecule has 0 aliphatic rings. The van der Waals surface area contributed by atoms with Gasteiger partial charge in [0.25, 0.3) is 5.56 Å². The Balaban J connectivity index is 1.70. The normalized spacial score (nSPS) is 10.9. The number of nitrogens with zero attached hydrogens (tertiary/aromatic N) is 5. The minimum atomic E-state index is -0.247. The molecule has 0 spiro atoms. The number of aromatic nitrogens is 5. The molecule has 0 aliphatic carbocycles. The van der Waals surface area contributed by atoms with Gasteiger partial charge >= 0.3 is 0 Å². The molecule has 0 aliphatic heterocycles. The van der Waals surface area contributed by atoms with Crippen LogP contribution in [0.1, 0.15) is 22.1 Å². The van der Waals surface area contributed by atoms with Crippen LogP contribution in [0.3, 0.4) is 0 Å². The number of hydrogen-bond acceptors (Lipinski definition) is 7. The number of benzene rings is 1. The average molecular weight is 484 g/mol. The Morgan fingerprint density at radius 3 is 2.77 bits per heavy atom. The SMILES string of the molecule is Cc1nc(COc2nc(C)n(-c3cccc(-c4ncncc4C)c3)c(=O)c2Br)cs1. The molecule has 0 fully saturated rings. The second-order valence-corrected chi connectivity index (χ2v) is 8.53. The van der Waals surface area contributed by atoms with E-state index in [1.165, 1.54) is 6.33 Å². The highest BCUT2D eigenvalue weighted by atomic mass is 79.9. The van der Waals surface area contributed by atoms with Crippen molar-refractivity contribution >= 4 is 27.3 Å². The van der Waals surface area contributed by atoms with E-state index in [2.05, 4.69) is 35.9 Å². The van der Waals surface area contributed by atoms with Gasteiger partial charge in [-0.15, -0.1) is 11.3 Å². The van der Waals surface area contributed by atoms with Gasteiger partial charge in [-0.3, -0.25) is 9.36 Å². The van der Waals surface area contributed by atoms with Crippen molar-refractivity contribution in [1.29, 1.82) is 0 Å². The van der Waals surface area contributed by atoms with Crippen LogP contribution in [0.25, 0.3) is 16.9 Å². The van der Waals surface area contributed by atoms with Crippen LogP contribution in [0.15, 0.2) is 51.4 Å². The Bertz CT molecular complexity index is 1280. The monoisotopic (exact) mass is 483 g/mol. The predicted molar refractivity (Wildman–Crippen MR) is 119 cm³/mol. The van der Waals surface area contributed by atoms with E-state index in [1.54, 1.807) is 29.0 Å². The highest BCUT2D eigenvalue weighted by Crippen LogP contribution is 2.25. The summed E-state index contributed by atoms with van der Waals surface area (Å²) in [7, 11) is 0. The van der Waals surface area contributed by atoms with Gasteiger partial charge in [-0.2, -0.15) is 4.98 Å². The number of aryl methyl sites for hydroxylation is 3. The lowest BCUT2D eigenvalue weighted by Crippen LogP contribution is -2.23. The second-order valence-electron chi connectivity index (χ2n) is 6.67. The van der Waals surface area contributed by atoms with E-state index in [4.69, 9.17) is 4.74 Å². The largest absolute Gasteiger partial charge is 0.470 e. The lowest BCUT2D eigenvalue weighted by atomic mass is 10.1. The molecule has 0 atom stereocenters. The lowest BCUT2D eigenvalue weighted by molar-refractivity contribution is 0.285. The van der Waals surface area contributed by atoms with Crippen LogP contribution in [0.2, 0.25) is 0 Å². The van der Waals surface area contributed by atoms with Crippen molar-refractivity contribution in [1.82, 2.24) is 24.5 Å². The van der Waals surface area contributed by atoms with Gasteiger partial charge in [-0.05, 0) is 54.4 Å². The van der Waals surface area contributed by atoms with Gasteiger partial charge in [0.2, 0.25) is 5.88 Å². The van der Waals surface area contributed by atoms with Crippen molar-refractivity contribution in [2.75, 3.05) is 0 Å². The lowest BCUT2D eigenvalue weighted by Gasteiger charge is -2.14. The summed E-state index contributed by atoms with van der Waals surface area (Å²) >= 11 is 4.91. The van der Waals surface area contributed by atoms with Crippen molar-refractivity contribution in [3.05, 3.63) is 79.1 Å². The molecule has 0 amide bonds. The van der Waals surface area contributed by atoms with E-state index < -0.39 is 0 Å². The third-order valence-corrected chi connectivity index (χ3v) is 5.96. The molecule has 4 aromatic rings. The van der Waals surface area contributed by atoms with Gasteiger partial charge in [0.15, 0.2) is 0 Å². The fourth-order valence-corrected chi connectivity index (χ4v) is 4.07. The van der Waals surface area contributed by atoms with E-state index >= 15 is 0 Å². The molecule has 0 radical (unpaired) electrons. The quantitative estimate of drug-likeness (QED) is 0.417. The topological polar surface area (TPSA) is 82.8 Å². The van der Waals surface area contributed by atoms with Crippen molar-refractivity contribution in [2.24, 2.45) is 0 Å². The van der Waals surface area contributed by atoms with Crippen LogP contribution in [-0.2, 0) is 6.61 Å². The van der Waals surface area contributed by atoms with Crippen molar-refractivity contribution < 1.29 is 4.74 Å². The molecule has 1 aromatic carbocycles. The van der Waals surface area contributed by atoms with Crippen molar-refractivity contribution in [2.45, 2.75) is 27.4 Å². The fraction of sp³-hybridized carbons (Fsp3) is 0.190. The van der Waals surface area contributed by atoms with Gasteiger partial charge < -0.3 is 4.74 Å². The minimum Gasteiger partial charge on any atom is -0.470 e. The average Bonchev–Trinajstić information content (AvgIpc) is 3.15. The van der Waals surface area contributed by atoms with E-state index in [9.17, 15) is 4.79 Å². The molecule has 4 rings (SSSR count). The number of rotatable bonds is 5. The molecular weight excluding hydrogens is 466 g/mol. The third-order valence-electron chi connectivity index (χ3n) is 4.46. The van der Waals surface area contributed by atoms with Crippen LogP contribution in [0.5, 0.6) is 5.88 Å². The van der Waals surface area contributed by atoms with Crippen LogP contribution in [0, 0.1) is 20.8 Å². The molecule has 0 saturated heterocycles. The highest BCUT2D eigenvalue weighted by Gasteiger charge is 2.16. The molecule has 152 valence electrons. The van der Waals surface area contributed by atoms with E-state index in [0.29, 0.717) is 11.5 Å². The molecule has 7 nitrogen and oxygen atoms in total. The molecule has 3 aromatic heterocycles. The first-order valence-corrected chi connectivity index (χ1v) is 10.8. The number of thiazole rings is 1. The maximum Gasteiger partial charge on any atom is 0.276 e. The zero-order valence-electron chi connectivity index (χ0n) is 16.6. The summed E-state index contributed by atoms with van der Waals surface area (Å²) in [4.78, 5) is 30.4. The fourth-order valence-electron chi connectivity index (χ4n) is 3.09. The van der Waals surface area contributed by atoms with Crippen LogP contribution < -0.4 is 10.3 Å². The Morgan fingerprint density at radius 1 is 1.20 bits per heavy atom. The summed E-state index contributed by atoms with van der Waals surface area (Å²) < 4.78 is 7.57. The summed E-state index contributed by atoms with van der Waals surface area (Å²) in [5.41, 5.74) is 3.93. The van der Waals surface area contributed by atoms with Gasteiger partial charge in [-0.1, -0.05) is 12.1 Å². The molecule has 0 N–H and O–H groups in total. The second kappa shape index (κ2) is 8.45. The van der Waals surface area contributed by atoms with Gasteiger partial charge in [0, 0.05) is 17.1 Å². The smallest absolute Gasteiger partial charge is 0.276 e. The van der Waals surface area contributed by atoms with E-state index in [-0.39, 0.29) is 22.5 Å².